The largest absolute Gasteiger partial charge is 0.404 e. The first-order valence-electron chi connectivity index (χ1n) is 12.0. The molecule has 34 heavy (non-hydrogen) atoms. The van der Waals surface area contributed by atoms with Gasteiger partial charge in [-0.15, -0.1) is 0 Å². The summed E-state index contributed by atoms with van der Waals surface area (Å²) in [6.45, 7) is 4.34. The van der Waals surface area contributed by atoms with Gasteiger partial charge in [0.1, 0.15) is 11.0 Å². The molecule has 0 radical (unpaired) electrons. The molecule has 6 rings (SSSR count). The lowest BCUT2D eigenvalue weighted by molar-refractivity contribution is 0.550. The van der Waals surface area contributed by atoms with Gasteiger partial charge in [-0.2, -0.15) is 0 Å². The van der Waals surface area contributed by atoms with Gasteiger partial charge < -0.3 is 8.39 Å². The Hall–Kier alpha value is -3.42. The molecule has 170 valence electrons. The molecule has 1 aromatic heterocycles. The Morgan fingerprint density at radius 2 is 1.82 bits per heavy atom. The average molecular weight is 466 g/mol. The number of nitrogens with zero attached hydrogens (tertiary/aromatic N) is 1. The SMILES string of the molecule is C/C=c1/op(N2c3ccccc3CC[C@@H]2C)oc2ccc3ccccc3c2/c1=C1\C=CC=CC1. The van der Waals surface area contributed by atoms with Gasteiger partial charge in [0.25, 0.3) is 0 Å². The van der Waals surface area contributed by atoms with E-state index in [9.17, 15) is 0 Å². The molecule has 0 saturated heterocycles. The standard InChI is InChI=1S/C30H28NO2P/c1-3-27-29(24-13-5-4-6-14-24)30-25-15-9-7-11-22(25)19-20-28(30)33-34(32-27)31-21(2)17-18-23-12-8-10-16-26(23)31/h3-13,15-16,19-21H,14,17-18H2,1-2H3/b27-3+,29-24+/t21-,34?/m0/s1. The highest BCUT2D eigenvalue weighted by Crippen LogP contribution is 2.44. The van der Waals surface area contributed by atoms with Crippen LogP contribution in [0.1, 0.15) is 32.3 Å². The van der Waals surface area contributed by atoms with Crippen LogP contribution < -0.4 is 15.3 Å². The molecule has 3 nitrogen and oxygen atoms in total. The molecule has 0 amide bonds. The smallest absolute Gasteiger partial charge is 0.341 e. The van der Waals surface area contributed by atoms with E-state index < -0.39 is 8.16 Å². The van der Waals surface area contributed by atoms with Gasteiger partial charge in [0.05, 0.1) is 5.69 Å². The second kappa shape index (κ2) is 8.74. The van der Waals surface area contributed by atoms with Crippen LogP contribution in [0.25, 0.3) is 33.4 Å². The third-order valence-corrected chi connectivity index (χ3v) is 8.54. The quantitative estimate of drug-likeness (QED) is 0.294. The molecule has 4 heteroatoms. The summed E-state index contributed by atoms with van der Waals surface area (Å²) in [7, 11) is -1.39. The van der Waals surface area contributed by atoms with Crippen LogP contribution >= 0.6 is 8.16 Å². The Balaban J connectivity index is 1.79. The predicted octanol–water partition coefficient (Wildman–Crippen LogP) is 7.36. The molecular weight excluding hydrogens is 437 g/mol. The van der Waals surface area contributed by atoms with Crippen molar-refractivity contribution in [3.63, 3.8) is 0 Å². The molecule has 0 saturated carbocycles. The Bertz CT molecular complexity index is 1630. The maximum Gasteiger partial charge on any atom is 0.341 e. The summed E-state index contributed by atoms with van der Waals surface area (Å²) < 4.78 is 16.1. The number of hydrogen-bond donors (Lipinski definition) is 0. The third kappa shape index (κ3) is 3.52. The maximum absolute atomic E-state index is 6.84. The lowest BCUT2D eigenvalue weighted by atomic mass is 9.99. The molecule has 1 unspecified atom stereocenters. The number of allylic oxidation sites excluding steroid dienone is 4. The van der Waals surface area contributed by atoms with Gasteiger partial charge in [-0.3, -0.25) is 4.67 Å². The summed E-state index contributed by atoms with van der Waals surface area (Å²) in [6.07, 6.45) is 13.8. The topological polar surface area (TPSA) is 29.5 Å². The van der Waals surface area contributed by atoms with Gasteiger partial charge in [-0.25, -0.2) is 0 Å². The molecule has 0 N–H and O–H groups in total. The molecule has 1 aliphatic carbocycles. The number of benzene rings is 3. The highest BCUT2D eigenvalue weighted by atomic mass is 31.1. The van der Waals surface area contributed by atoms with E-state index in [4.69, 9.17) is 8.39 Å². The minimum Gasteiger partial charge on any atom is -0.404 e. The summed E-state index contributed by atoms with van der Waals surface area (Å²) in [6, 6.07) is 21.8. The zero-order valence-electron chi connectivity index (χ0n) is 19.6. The summed E-state index contributed by atoms with van der Waals surface area (Å²) in [5.41, 5.74) is 5.62. The van der Waals surface area contributed by atoms with Crippen molar-refractivity contribution in [2.75, 3.05) is 4.67 Å². The number of fused-ring (bicyclic) bond motifs is 4. The van der Waals surface area contributed by atoms with Crippen molar-refractivity contribution in [1.82, 2.24) is 0 Å². The summed E-state index contributed by atoms with van der Waals surface area (Å²) in [5.74, 6) is 0. The first kappa shape index (κ1) is 21.1. The van der Waals surface area contributed by atoms with E-state index in [1.54, 1.807) is 0 Å². The number of aryl methyl sites for hydroxylation is 1. The summed E-state index contributed by atoms with van der Waals surface area (Å²) in [4.78, 5) is 0. The minimum absolute atomic E-state index is 0.328. The van der Waals surface area contributed by atoms with Crippen molar-refractivity contribution in [3.8, 4) is 0 Å². The van der Waals surface area contributed by atoms with Crippen molar-refractivity contribution in [2.45, 2.75) is 39.2 Å². The number of hydrogen-bond acceptors (Lipinski definition) is 3. The lowest BCUT2D eigenvalue weighted by Crippen LogP contribution is -2.31. The van der Waals surface area contributed by atoms with E-state index >= 15 is 0 Å². The van der Waals surface area contributed by atoms with E-state index in [0.29, 0.717) is 6.04 Å². The third-order valence-electron chi connectivity index (χ3n) is 6.87. The van der Waals surface area contributed by atoms with Crippen molar-refractivity contribution in [1.29, 1.82) is 0 Å². The molecule has 0 spiro atoms. The van der Waals surface area contributed by atoms with Crippen molar-refractivity contribution in [2.24, 2.45) is 0 Å². The number of para-hydroxylation sites is 1. The molecule has 3 aromatic carbocycles. The molecule has 2 aliphatic rings. The van der Waals surface area contributed by atoms with E-state index in [-0.39, 0.29) is 0 Å². The molecule has 1 aliphatic heterocycles. The molecule has 4 aromatic rings. The van der Waals surface area contributed by atoms with Gasteiger partial charge in [0.15, 0.2) is 0 Å². The Morgan fingerprint density at radius 3 is 2.68 bits per heavy atom. The van der Waals surface area contributed by atoms with Gasteiger partial charge in [0, 0.05) is 16.6 Å². The second-order valence-corrected chi connectivity index (χ2v) is 10.3. The Morgan fingerprint density at radius 1 is 0.971 bits per heavy atom. The fourth-order valence-corrected chi connectivity index (χ4v) is 6.87. The molecular formula is C30H28NO2P. The lowest BCUT2D eigenvalue weighted by Gasteiger charge is -2.33. The highest BCUT2D eigenvalue weighted by Gasteiger charge is 2.28. The van der Waals surface area contributed by atoms with Crippen LogP contribution in [0.3, 0.4) is 0 Å². The highest BCUT2D eigenvalue weighted by molar-refractivity contribution is 7.39. The van der Waals surface area contributed by atoms with E-state index in [1.807, 2.05) is 0 Å². The Labute approximate surface area is 200 Å². The van der Waals surface area contributed by atoms with Crippen molar-refractivity contribution >= 4 is 47.2 Å². The van der Waals surface area contributed by atoms with Crippen molar-refractivity contribution < 1.29 is 8.39 Å². The van der Waals surface area contributed by atoms with Crippen LogP contribution in [0.5, 0.6) is 0 Å². The first-order valence-corrected chi connectivity index (χ1v) is 13.2. The predicted molar refractivity (Wildman–Crippen MR) is 144 cm³/mol. The van der Waals surface area contributed by atoms with Crippen LogP contribution in [-0.4, -0.2) is 6.04 Å². The fourth-order valence-electron chi connectivity index (χ4n) is 5.16. The maximum atomic E-state index is 6.84. The molecule has 0 bridgehead atoms. The van der Waals surface area contributed by atoms with Gasteiger partial charge >= 0.3 is 8.16 Å². The fraction of sp³-hybridized carbons (Fsp3) is 0.200. The van der Waals surface area contributed by atoms with Crippen LogP contribution in [0.2, 0.25) is 0 Å². The zero-order chi connectivity index (χ0) is 23.1. The zero-order valence-corrected chi connectivity index (χ0v) is 20.5. The number of rotatable bonds is 1. The van der Waals surface area contributed by atoms with Crippen LogP contribution in [0.4, 0.5) is 5.69 Å². The average Bonchev–Trinajstić information content (AvgIpc) is 3.06. The van der Waals surface area contributed by atoms with Gasteiger partial charge in [0.2, 0.25) is 0 Å². The Kier molecular flexibility index (Phi) is 5.43. The van der Waals surface area contributed by atoms with E-state index in [0.717, 1.165) is 40.9 Å². The van der Waals surface area contributed by atoms with E-state index in [1.165, 1.54) is 27.6 Å². The van der Waals surface area contributed by atoms with Gasteiger partial charge in [-0.05, 0) is 73.2 Å². The summed E-state index contributed by atoms with van der Waals surface area (Å²) >= 11 is 0. The van der Waals surface area contributed by atoms with Crippen molar-refractivity contribution in [3.05, 3.63) is 101 Å². The van der Waals surface area contributed by atoms with E-state index in [2.05, 4.69) is 110 Å². The summed E-state index contributed by atoms with van der Waals surface area (Å²) in [5, 5.41) is 4.66. The number of anilines is 1. The first-order chi connectivity index (χ1) is 16.7. The normalized spacial score (nSPS) is 20.2. The molecule has 0 fully saturated rings. The van der Waals surface area contributed by atoms with Gasteiger partial charge in [-0.1, -0.05) is 72.8 Å². The monoisotopic (exact) mass is 465 g/mol. The second-order valence-electron chi connectivity index (χ2n) is 8.99. The van der Waals surface area contributed by atoms with Crippen LogP contribution in [0, 0.1) is 0 Å². The molecule has 2 atom stereocenters. The minimum atomic E-state index is -1.39. The van der Waals surface area contributed by atoms with Crippen LogP contribution in [0.15, 0.2) is 93.4 Å². The van der Waals surface area contributed by atoms with Crippen LogP contribution in [-0.2, 0) is 6.42 Å². The molecule has 2 heterocycles.